The van der Waals surface area contributed by atoms with E-state index >= 15 is 0 Å². The van der Waals surface area contributed by atoms with Crippen molar-refractivity contribution in [2.24, 2.45) is 0 Å². The van der Waals surface area contributed by atoms with Crippen molar-refractivity contribution in [1.82, 2.24) is 0 Å². The molecule has 1 aromatic rings. The van der Waals surface area contributed by atoms with E-state index in [9.17, 15) is 13.2 Å². The van der Waals surface area contributed by atoms with Crippen LogP contribution in [0.2, 0.25) is 0 Å². The third-order valence-corrected chi connectivity index (χ3v) is 1.32. The van der Waals surface area contributed by atoms with Crippen molar-refractivity contribution in [2.75, 3.05) is 0 Å². The maximum absolute atomic E-state index is 11.7. The summed E-state index contributed by atoms with van der Waals surface area (Å²) < 4.78 is 46.0. The second-order valence-corrected chi connectivity index (χ2v) is 2.40. The van der Waals surface area contributed by atoms with Crippen molar-refractivity contribution >= 4 is 12.6 Å². The molecule has 0 spiro atoms. The molecule has 3 nitrogen and oxygen atoms in total. The average Bonchev–Trinajstić information content (AvgIpc) is 1.99. The summed E-state index contributed by atoms with van der Waals surface area (Å²) >= 11 is 0. The van der Waals surface area contributed by atoms with Crippen molar-refractivity contribution in [2.45, 2.75) is 6.36 Å². The molecule has 2 N–H and O–H groups in total. The zero-order chi connectivity index (χ0) is 11.6. The molecule has 0 radical (unpaired) electrons. The second kappa shape index (κ2) is 3.89. The molecule has 14 heavy (non-hydrogen) atoms. The number of benzene rings is 1. The zero-order valence-corrected chi connectivity index (χ0v) is 6.75. The molecule has 0 saturated carbocycles. The fourth-order valence-corrected chi connectivity index (χ4v) is 0.780. The SMILES string of the molecule is [2H]c1cc(OC(F)(F)F)ccc1B(O)O. The molecule has 0 amide bonds. The standard InChI is InChI=1S/C7H6BF3O3/c9-7(10,11)14-6-3-1-5(2-4-6)8(12)13/h1-4,12-13H/i1D. The van der Waals surface area contributed by atoms with Gasteiger partial charge in [0.05, 0.1) is 1.37 Å². The van der Waals surface area contributed by atoms with Gasteiger partial charge < -0.3 is 14.8 Å². The highest BCUT2D eigenvalue weighted by atomic mass is 19.4. The third kappa shape index (κ3) is 3.27. The lowest BCUT2D eigenvalue weighted by molar-refractivity contribution is -0.274. The highest BCUT2D eigenvalue weighted by molar-refractivity contribution is 6.58. The third-order valence-electron chi connectivity index (χ3n) is 1.32. The first kappa shape index (κ1) is 9.35. The smallest absolute Gasteiger partial charge is 0.423 e. The quantitative estimate of drug-likeness (QED) is 0.684. The fraction of sp³-hybridized carbons (Fsp3) is 0.143. The van der Waals surface area contributed by atoms with Gasteiger partial charge in [-0.15, -0.1) is 13.2 Å². The summed E-state index contributed by atoms with van der Waals surface area (Å²) in [5, 5.41) is 17.4. The molecule has 0 aromatic heterocycles. The number of hydrogen-bond acceptors (Lipinski definition) is 3. The minimum Gasteiger partial charge on any atom is -0.423 e. The summed E-state index contributed by atoms with van der Waals surface area (Å²) in [7, 11) is -1.89. The van der Waals surface area contributed by atoms with Crippen molar-refractivity contribution in [1.29, 1.82) is 0 Å². The fourth-order valence-electron chi connectivity index (χ4n) is 0.780. The predicted octanol–water partition coefficient (Wildman–Crippen LogP) is 0.265. The van der Waals surface area contributed by atoms with Crippen LogP contribution < -0.4 is 10.2 Å². The van der Waals surface area contributed by atoms with Crippen LogP contribution in [-0.2, 0) is 0 Å². The number of rotatable bonds is 2. The van der Waals surface area contributed by atoms with Gasteiger partial charge >= 0.3 is 13.5 Å². The molecule has 76 valence electrons. The molecule has 0 aliphatic rings. The summed E-state index contributed by atoms with van der Waals surface area (Å²) in [6.45, 7) is 0. The molecule has 0 aliphatic heterocycles. The Morgan fingerprint density at radius 1 is 1.29 bits per heavy atom. The van der Waals surface area contributed by atoms with Gasteiger partial charge in [-0.2, -0.15) is 0 Å². The van der Waals surface area contributed by atoms with E-state index in [2.05, 4.69) is 4.74 Å². The van der Waals surface area contributed by atoms with Crippen LogP contribution in [0.25, 0.3) is 0 Å². The van der Waals surface area contributed by atoms with E-state index in [1.54, 1.807) is 0 Å². The monoisotopic (exact) mass is 207 g/mol. The maximum atomic E-state index is 11.7. The first-order chi connectivity index (χ1) is 6.79. The van der Waals surface area contributed by atoms with Gasteiger partial charge in [0, 0.05) is 0 Å². The summed E-state index contributed by atoms with van der Waals surface area (Å²) in [6, 6.07) is 2.20. The Labute approximate surface area is 79.3 Å². The van der Waals surface area contributed by atoms with E-state index < -0.39 is 25.3 Å². The molecule has 7 heteroatoms. The molecule has 0 saturated heterocycles. The van der Waals surface area contributed by atoms with Gasteiger partial charge in [-0.1, -0.05) is 12.1 Å². The van der Waals surface area contributed by atoms with Gasteiger partial charge in [0.15, 0.2) is 0 Å². The van der Waals surface area contributed by atoms with Crippen LogP contribution in [0.1, 0.15) is 1.37 Å². The minimum atomic E-state index is -4.83. The van der Waals surface area contributed by atoms with Gasteiger partial charge in [-0.05, 0) is 17.6 Å². The normalized spacial score (nSPS) is 12.2. The molecular weight excluding hydrogens is 200 g/mol. The van der Waals surface area contributed by atoms with Gasteiger partial charge in [-0.25, -0.2) is 0 Å². The molecule has 1 rings (SSSR count). The Balaban J connectivity index is 2.92. The number of alkyl halides is 3. The predicted molar refractivity (Wildman–Crippen MR) is 43.0 cm³/mol. The van der Waals surface area contributed by atoms with Crippen LogP contribution in [0, 0.1) is 0 Å². The average molecular weight is 207 g/mol. The van der Waals surface area contributed by atoms with Crippen LogP contribution in [0.15, 0.2) is 24.2 Å². The zero-order valence-electron chi connectivity index (χ0n) is 7.75. The molecule has 0 fully saturated rings. The maximum Gasteiger partial charge on any atom is 0.573 e. The lowest BCUT2D eigenvalue weighted by atomic mass is 9.80. The molecule has 0 heterocycles. The summed E-state index contributed by atoms with van der Waals surface area (Å²) in [5.74, 6) is -0.572. The van der Waals surface area contributed by atoms with E-state index in [0.717, 1.165) is 18.2 Å². The Bertz CT molecular complexity index is 356. The van der Waals surface area contributed by atoms with E-state index in [4.69, 9.17) is 11.4 Å². The van der Waals surface area contributed by atoms with Gasteiger partial charge in [0.1, 0.15) is 5.75 Å². The first-order valence-corrected chi connectivity index (χ1v) is 3.52. The number of halogens is 3. The second-order valence-electron chi connectivity index (χ2n) is 2.40. The topological polar surface area (TPSA) is 49.7 Å². The van der Waals surface area contributed by atoms with Crippen LogP contribution in [0.5, 0.6) is 5.75 Å². The van der Waals surface area contributed by atoms with Crippen LogP contribution in [0.4, 0.5) is 13.2 Å². The van der Waals surface area contributed by atoms with Crippen molar-refractivity contribution in [3.63, 3.8) is 0 Å². The van der Waals surface area contributed by atoms with Gasteiger partial charge in [0.25, 0.3) is 0 Å². The lowest BCUT2D eigenvalue weighted by Gasteiger charge is -2.08. The molecule has 0 atom stereocenters. The van der Waals surface area contributed by atoms with Gasteiger partial charge in [-0.3, -0.25) is 0 Å². The molecule has 0 bridgehead atoms. The highest BCUT2D eigenvalue weighted by Gasteiger charge is 2.31. The largest absolute Gasteiger partial charge is 0.573 e. The highest BCUT2D eigenvalue weighted by Crippen LogP contribution is 2.21. The lowest BCUT2D eigenvalue weighted by Crippen LogP contribution is -2.29. The van der Waals surface area contributed by atoms with Crippen LogP contribution in [-0.4, -0.2) is 23.5 Å². The Kier molecular flexibility index (Phi) is 2.60. The minimum absolute atomic E-state index is 0.190. The van der Waals surface area contributed by atoms with E-state index in [-0.39, 0.29) is 5.46 Å². The van der Waals surface area contributed by atoms with Crippen molar-refractivity contribution < 1.29 is 29.3 Å². The molecule has 0 aliphatic carbocycles. The van der Waals surface area contributed by atoms with E-state index in [1.165, 1.54) is 0 Å². The first-order valence-electron chi connectivity index (χ1n) is 4.02. The Morgan fingerprint density at radius 2 is 1.93 bits per heavy atom. The molecular formula is C7H6BF3O3. The van der Waals surface area contributed by atoms with Crippen molar-refractivity contribution in [3.8, 4) is 5.75 Å². The number of ether oxygens (including phenoxy) is 1. The summed E-state index contributed by atoms with van der Waals surface area (Å²) in [6.07, 6.45) is -4.83. The van der Waals surface area contributed by atoms with Crippen LogP contribution in [0.3, 0.4) is 0 Å². The van der Waals surface area contributed by atoms with E-state index in [1.807, 2.05) is 0 Å². The molecule has 0 unspecified atom stereocenters. The summed E-state index contributed by atoms with van der Waals surface area (Å²) in [4.78, 5) is 0. The Hall–Kier alpha value is -1.21. The van der Waals surface area contributed by atoms with Gasteiger partial charge in [0.2, 0.25) is 0 Å². The Morgan fingerprint density at radius 3 is 2.36 bits per heavy atom. The number of hydrogen-bond donors (Lipinski definition) is 2. The summed E-state index contributed by atoms with van der Waals surface area (Å²) in [5.41, 5.74) is -0.190. The van der Waals surface area contributed by atoms with E-state index in [0.29, 0.717) is 0 Å². The van der Waals surface area contributed by atoms with Crippen LogP contribution >= 0.6 is 0 Å². The molecule has 1 aromatic carbocycles. The van der Waals surface area contributed by atoms with Crippen molar-refractivity contribution in [3.05, 3.63) is 24.2 Å².